The van der Waals surface area contributed by atoms with Gasteiger partial charge in [0.2, 0.25) is 0 Å². The van der Waals surface area contributed by atoms with Crippen molar-refractivity contribution in [3.8, 4) is 0 Å². The summed E-state index contributed by atoms with van der Waals surface area (Å²) in [6.07, 6.45) is 1.83. The molecule has 1 saturated heterocycles. The summed E-state index contributed by atoms with van der Waals surface area (Å²) in [7, 11) is 0. The van der Waals surface area contributed by atoms with Gasteiger partial charge in [0.25, 0.3) is 0 Å². The average Bonchev–Trinajstić information content (AvgIpc) is 3.03. The third-order valence-electron chi connectivity index (χ3n) is 3.85. The fraction of sp³-hybridized carbons (Fsp3) is 0.267. The maximum absolute atomic E-state index is 13.0. The van der Waals surface area contributed by atoms with Gasteiger partial charge in [0.1, 0.15) is 11.9 Å². The standard InChI is InChI=1S/C15H14FN5O/c16-12-3-1-11(2-4-12)14-10-20(7-8-22-14)13-5-6-15-17-18-19-21(15)9-13/h1-6,9,14H,7-8,10H2/t14-/m0/s1. The molecule has 1 atom stereocenters. The molecule has 22 heavy (non-hydrogen) atoms. The summed E-state index contributed by atoms with van der Waals surface area (Å²) in [4.78, 5) is 2.22. The van der Waals surface area contributed by atoms with E-state index in [2.05, 4.69) is 20.4 Å². The number of hydrogen-bond acceptors (Lipinski definition) is 5. The highest BCUT2D eigenvalue weighted by atomic mass is 19.1. The Morgan fingerprint density at radius 3 is 2.86 bits per heavy atom. The first-order valence-electron chi connectivity index (χ1n) is 7.09. The van der Waals surface area contributed by atoms with Crippen LogP contribution in [0.5, 0.6) is 0 Å². The molecule has 0 aliphatic carbocycles. The summed E-state index contributed by atoms with van der Waals surface area (Å²) in [5, 5.41) is 11.5. The average molecular weight is 299 g/mol. The van der Waals surface area contributed by atoms with Crippen LogP contribution in [-0.4, -0.2) is 39.7 Å². The van der Waals surface area contributed by atoms with E-state index in [4.69, 9.17) is 4.74 Å². The summed E-state index contributed by atoms with van der Waals surface area (Å²) in [6.45, 7) is 2.13. The number of hydrogen-bond donors (Lipinski definition) is 0. The highest BCUT2D eigenvalue weighted by Gasteiger charge is 2.22. The highest BCUT2D eigenvalue weighted by Crippen LogP contribution is 2.26. The third-order valence-corrected chi connectivity index (χ3v) is 3.85. The first kappa shape index (κ1) is 13.1. The Morgan fingerprint density at radius 1 is 1.14 bits per heavy atom. The number of morpholine rings is 1. The Kier molecular flexibility index (Phi) is 3.19. The second kappa shape index (κ2) is 5.34. The Labute approximate surface area is 126 Å². The molecule has 3 aromatic rings. The molecular weight excluding hydrogens is 285 g/mol. The molecule has 4 rings (SSSR count). The summed E-state index contributed by atoms with van der Waals surface area (Å²) < 4.78 is 20.5. The van der Waals surface area contributed by atoms with Gasteiger partial charge in [0.05, 0.1) is 18.5 Å². The lowest BCUT2D eigenvalue weighted by atomic mass is 10.1. The second-order valence-corrected chi connectivity index (χ2v) is 5.23. The van der Waals surface area contributed by atoms with Crippen molar-refractivity contribution in [2.24, 2.45) is 0 Å². The molecule has 112 valence electrons. The van der Waals surface area contributed by atoms with Crippen molar-refractivity contribution in [1.29, 1.82) is 0 Å². The Morgan fingerprint density at radius 2 is 2.00 bits per heavy atom. The zero-order valence-electron chi connectivity index (χ0n) is 11.8. The number of ether oxygens (including phenoxy) is 1. The molecule has 7 heteroatoms. The Balaban J connectivity index is 1.58. The minimum atomic E-state index is -0.236. The van der Waals surface area contributed by atoms with E-state index in [-0.39, 0.29) is 11.9 Å². The number of anilines is 1. The van der Waals surface area contributed by atoms with E-state index in [1.807, 2.05) is 18.3 Å². The molecule has 0 amide bonds. The minimum absolute atomic E-state index is 0.0704. The molecule has 0 spiro atoms. The van der Waals surface area contributed by atoms with Gasteiger partial charge in [-0.25, -0.2) is 4.39 Å². The topological polar surface area (TPSA) is 55.6 Å². The van der Waals surface area contributed by atoms with Gasteiger partial charge in [-0.1, -0.05) is 12.1 Å². The van der Waals surface area contributed by atoms with Gasteiger partial charge >= 0.3 is 0 Å². The molecule has 6 nitrogen and oxygen atoms in total. The number of pyridine rings is 1. The van der Waals surface area contributed by atoms with Gasteiger partial charge in [-0.05, 0) is 40.3 Å². The van der Waals surface area contributed by atoms with E-state index in [0.717, 1.165) is 17.8 Å². The number of benzene rings is 1. The smallest absolute Gasteiger partial charge is 0.179 e. The van der Waals surface area contributed by atoms with Crippen LogP contribution in [0, 0.1) is 5.82 Å². The highest BCUT2D eigenvalue weighted by molar-refractivity contribution is 5.51. The van der Waals surface area contributed by atoms with E-state index >= 15 is 0 Å². The van der Waals surface area contributed by atoms with E-state index in [1.54, 1.807) is 16.6 Å². The first-order valence-corrected chi connectivity index (χ1v) is 7.09. The van der Waals surface area contributed by atoms with E-state index < -0.39 is 0 Å². The lowest BCUT2D eigenvalue weighted by Gasteiger charge is -2.34. The van der Waals surface area contributed by atoms with Gasteiger partial charge < -0.3 is 9.64 Å². The number of rotatable bonds is 2. The number of nitrogens with zero attached hydrogens (tertiary/aromatic N) is 5. The van der Waals surface area contributed by atoms with Crippen LogP contribution >= 0.6 is 0 Å². The SMILES string of the molecule is Fc1ccc([C@@H]2CN(c3ccc4nnnn4c3)CCO2)cc1. The van der Waals surface area contributed by atoms with Crippen LogP contribution in [0.25, 0.3) is 5.65 Å². The van der Waals surface area contributed by atoms with Gasteiger partial charge in [-0.15, -0.1) is 5.10 Å². The van der Waals surface area contributed by atoms with Crippen molar-refractivity contribution in [1.82, 2.24) is 20.0 Å². The van der Waals surface area contributed by atoms with E-state index in [0.29, 0.717) is 18.8 Å². The molecule has 3 heterocycles. The van der Waals surface area contributed by atoms with Crippen LogP contribution in [0.1, 0.15) is 11.7 Å². The largest absolute Gasteiger partial charge is 0.370 e. The molecule has 0 bridgehead atoms. The lowest BCUT2D eigenvalue weighted by Crippen LogP contribution is -2.38. The van der Waals surface area contributed by atoms with Crippen LogP contribution in [0.3, 0.4) is 0 Å². The molecule has 0 radical (unpaired) electrons. The predicted molar refractivity (Wildman–Crippen MR) is 78.1 cm³/mol. The van der Waals surface area contributed by atoms with Crippen molar-refractivity contribution in [2.45, 2.75) is 6.10 Å². The third kappa shape index (κ3) is 2.39. The van der Waals surface area contributed by atoms with Crippen molar-refractivity contribution in [3.05, 3.63) is 54.0 Å². The normalized spacial score (nSPS) is 18.8. The lowest BCUT2D eigenvalue weighted by molar-refractivity contribution is 0.0397. The molecule has 1 fully saturated rings. The number of aromatic nitrogens is 4. The first-order chi connectivity index (χ1) is 10.8. The Bertz CT molecular complexity index is 788. The van der Waals surface area contributed by atoms with Crippen LogP contribution < -0.4 is 4.90 Å². The van der Waals surface area contributed by atoms with Gasteiger partial charge in [0, 0.05) is 13.1 Å². The molecule has 0 saturated carbocycles. The fourth-order valence-electron chi connectivity index (χ4n) is 2.68. The molecule has 0 N–H and O–H groups in total. The van der Waals surface area contributed by atoms with Crippen molar-refractivity contribution >= 4 is 11.3 Å². The van der Waals surface area contributed by atoms with Crippen molar-refractivity contribution in [2.75, 3.05) is 24.6 Å². The molecule has 1 aliphatic heterocycles. The molecule has 1 aliphatic rings. The maximum atomic E-state index is 13.0. The summed E-state index contributed by atoms with van der Waals surface area (Å²) in [5.41, 5.74) is 2.73. The van der Waals surface area contributed by atoms with Crippen molar-refractivity contribution in [3.63, 3.8) is 0 Å². The monoisotopic (exact) mass is 299 g/mol. The molecular formula is C15H14FN5O. The zero-order valence-corrected chi connectivity index (χ0v) is 11.8. The van der Waals surface area contributed by atoms with Crippen molar-refractivity contribution < 1.29 is 9.13 Å². The maximum Gasteiger partial charge on any atom is 0.179 e. The molecule has 1 aromatic carbocycles. The number of halogens is 1. The van der Waals surface area contributed by atoms with Gasteiger partial charge in [-0.3, -0.25) is 0 Å². The van der Waals surface area contributed by atoms with Gasteiger partial charge in [-0.2, -0.15) is 4.52 Å². The van der Waals surface area contributed by atoms with E-state index in [1.165, 1.54) is 12.1 Å². The number of tetrazole rings is 1. The van der Waals surface area contributed by atoms with Crippen LogP contribution in [0.15, 0.2) is 42.6 Å². The van der Waals surface area contributed by atoms with Crippen LogP contribution in [0.4, 0.5) is 10.1 Å². The van der Waals surface area contributed by atoms with E-state index in [9.17, 15) is 4.39 Å². The number of fused-ring (bicyclic) bond motifs is 1. The zero-order chi connectivity index (χ0) is 14.9. The Hall–Kier alpha value is -2.54. The predicted octanol–water partition coefficient (Wildman–Crippen LogP) is 1.84. The second-order valence-electron chi connectivity index (χ2n) is 5.23. The fourth-order valence-corrected chi connectivity index (χ4v) is 2.68. The van der Waals surface area contributed by atoms with Crippen LogP contribution in [0.2, 0.25) is 0 Å². The van der Waals surface area contributed by atoms with Gasteiger partial charge in [0.15, 0.2) is 5.65 Å². The molecule has 0 unspecified atom stereocenters. The summed E-state index contributed by atoms with van der Waals surface area (Å²) in [6, 6.07) is 10.4. The quantitative estimate of drug-likeness (QED) is 0.723. The minimum Gasteiger partial charge on any atom is -0.370 e. The summed E-state index contributed by atoms with van der Waals surface area (Å²) >= 11 is 0. The summed E-state index contributed by atoms with van der Waals surface area (Å²) in [5.74, 6) is -0.236. The molecule has 2 aromatic heterocycles. The van der Waals surface area contributed by atoms with Crippen LogP contribution in [-0.2, 0) is 4.74 Å².